The second-order valence-electron chi connectivity index (χ2n) is 8.63. The van der Waals surface area contributed by atoms with Crippen molar-refractivity contribution in [1.82, 2.24) is 0 Å². The van der Waals surface area contributed by atoms with Gasteiger partial charge in [0.15, 0.2) is 11.5 Å². The van der Waals surface area contributed by atoms with Crippen molar-refractivity contribution in [3.8, 4) is 11.5 Å². The molecule has 0 fully saturated rings. The maximum atomic E-state index is 6.46. The van der Waals surface area contributed by atoms with E-state index in [1.165, 1.54) is 10.4 Å². The van der Waals surface area contributed by atoms with Gasteiger partial charge in [-0.15, -0.1) is 0 Å². The van der Waals surface area contributed by atoms with Crippen molar-refractivity contribution >= 4 is 118 Å². The van der Waals surface area contributed by atoms with Crippen molar-refractivity contribution in [3.63, 3.8) is 0 Å². The van der Waals surface area contributed by atoms with Crippen LogP contribution in [0.25, 0.3) is 0 Å². The summed E-state index contributed by atoms with van der Waals surface area (Å²) < 4.78 is 12.4. The third-order valence-electron chi connectivity index (χ3n) is 4.26. The first-order valence-corrected chi connectivity index (χ1v) is 19.7. The van der Waals surface area contributed by atoms with E-state index >= 15 is 0 Å². The Labute approximate surface area is 229 Å². The molecule has 2 rings (SSSR count). The molecule has 0 saturated heterocycles. The highest BCUT2D eigenvalue weighted by atomic mass is 127. The maximum Gasteiger partial charge on any atom is 0.158 e. The van der Waals surface area contributed by atoms with Gasteiger partial charge in [-0.25, -0.2) is 0 Å². The molecule has 0 heterocycles. The monoisotopic (exact) mass is 748 g/mol. The molecule has 0 radical (unpaired) electrons. The first kappa shape index (κ1) is 29.1. The van der Waals surface area contributed by atoms with Crippen LogP contribution >= 0.6 is 91.6 Å². The van der Waals surface area contributed by atoms with E-state index in [1.54, 1.807) is 14.2 Å². The van der Waals surface area contributed by atoms with Gasteiger partial charge in [0.1, 0.15) is 0 Å². The van der Waals surface area contributed by atoms with Crippen LogP contribution in [-0.2, 0) is 0 Å². The van der Waals surface area contributed by atoms with Crippen LogP contribution in [0.1, 0.15) is 0 Å². The predicted octanol–water partition coefficient (Wildman–Crippen LogP) is 8.30. The fourth-order valence-corrected chi connectivity index (χ4v) is 9.87. The molecule has 0 amide bonds. The van der Waals surface area contributed by atoms with Gasteiger partial charge >= 0.3 is 0 Å². The molecule has 0 aromatic heterocycles. The molecule has 0 saturated carbocycles. The van der Waals surface area contributed by atoms with Crippen LogP contribution in [-0.4, -0.2) is 30.4 Å². The summed E-state index contributed by atoms with van der Waals surface area (Å²) in [5.74, 6) is 1.20. The van der Waals surface area contributed by atoms with E-state index in [9.17, 15) is 0 Å². The fourth-order valence-electron chi connectivity index (χ4n) is 2.61. The van der Waals surface area contributed by atoms with Crippen LogP contribution in [0.2, 0.25) is 59.4 Å². The highest BCUT2D eigenvalue weighted by molar-refractivity contribution is 14.1. The van der Waals surface area contributed by atoms with Gasteiger partial charge < -0.3 is 9.47 Å². The molecule has 168 valence electrons. The average Bonchev–Trinajstić information content (AvgIpc) is 2.59. The van der Waals surface area contributed by atoms with E-state index in [2.05, 4.69) is 90.5 Å². The molecule has 0 aliphatic heterocycles. The lowest BCUT2D eigenvalue weighted by Gasteiger charge is -2.26. The molecular weight excluding hydrogens is 724 g/mol. The zero-order chi connectivity index (χ0) is 23.6. The Balaban J connectivity index is 0.000000325. The summed E-state index contributed by atoms with van der Waals surface area (Å²) in [6.45, 7) is 13.7. The second-order valence-corrected chi connectivity index (χ2v) is 22.5. The number of hydrogen-bond donors (Lipinski definition) is 0. The van der Waals surface area contributed by atoms with Crippen LogP contribution in [0, 0.1) is 7.14 Å². The van der Waals surface area contributed by atoms with E-state index in [0.717, 1.165) is 7.14 Å². The fraction of sp³-hybridized carbons (Fsp3) is 0.400. The normalized spacial score (nSPS) is 11.7. The Morgan fingerprint density at radius 3 is 1.17 bits per heavy atom. The van der Waals surface area contributed by atoms with Gasteiger partial charge in [-0.3, -0.25) is 0 Å². The van der Waals surface area contributed by atoms with Gasteiger partial charge in [-0.05, 0) is 61.6 Å². The van der Waals surface area contributed by atoms with E-state index in [4.69, 9.17) is 55.9 Å². The van der Waals surface area contributed by atoms with Crippen molar-refractivity contribution in [1.29, 1.82) is 0 Å². The van der Waals surface area contributed by atoms with Crippen molar-refractivity contribution in [2.75, 3.05) is 14.2 Å². The first-order chi connectivity index (χ1) is 13.6. The number of rotatable bonds is 4. The number of methoxy groups -OCH3 is 2. The molecule has 30 heavy (non-hydrogen) atoms. The summed E-state index contributed by atoms with van der Waals surface area (Å²) in [4.78, 5) is 0. The van der Waals surface area contributed by atoms with Crippen molar-refractivity contribution in [3.05, 3.63) is 39.4 Å². The third-order valence-corrected chi connectivity index (χ3v) is 12.4. The van der Waals surface area contributed by atoms with Gasteiger partial charge in [-0.2, -0.15) is 0 Å². The van der Waals surface area contributed by atoms with E-state index < -0.39 is 16.1 Å². The highest BCUT2D eigenvalue weighted by Crippen LogP contribution is 2.39. The topological polar surface area (TPSA) is 18.5 Å². The molecule has 2 nitrogen and oxygen atoms in total. The zero-order valence-electron chi connectivity index (χ0n) is 18.2. The summed E-state index contributed by atoms with van der Waals surface area (Å²) in [6, 6.07) is 4.14. The maximum absolute atomic E-state index is 6.46. The molecule has 0 bridgehead atoms. The summed E-state index contributed by atoms with van der Waals surface area (Å²) in [7, 11) is 0.175. The molecule has 0 spiro atoms. The van der Waals surface area contributed by atoms with Gasteiger partial charge in [0.2, 0.25) is 0 Å². The minimum atomic E-state index is -1.51. The first-order valence-electron chi connectivity index (χ1n) is 9.01. The summed E-state index contributed by atoms with van der Waals surface area (Å²) in [5.41, 5.74) is 0. The number of benzene rings is 2. The Morgan fingerprint density at radius 2 is 0.900 bits per heavy atom. The summed E-state index contributed by atoms with van der Waals surface area (Å²) in [5, 5.41) is 5.02. The molecule has 0 aliphatic carbocycles. The molecule has 10 heteroatoms. The van der Waals surface area contributed by atoms with Crippen LogP contribution in [0.5, 0.6) is 11.5 Å². The molecule has 2 aromatic carbocycles. The van der Waals surface area contributed by atoms with Gasteiger partial charge in [0.25, 0.3) is 0 Å². The Bertz CT molecular complexity index is 862. The van der Waals surface area contributed by atoms with E-state index in [1.807, 2.05) is 6.07 Å². The molecule has 2 aromatic rings. The smallest absolute Gasteiger partial charge is 0.158 e. The largest absolute Gasteiger partial charge is 0.494 e. The Morgan fingerprint density at radius 1 is 0.600 bits per heavy atom. The van der Waals surface area contributed by atoms with Crippen LogP contribution in [0.15, 0.2) is 12.1 Å². The van der Waals surface area contributed by atoms with E-state index in [0.29, 0.717) is 31.6 Å². The SMILES string of the molecule is COc1c(Cl)c(I)cc(I)c1Cl.COc1c(Cl)c([Si](C)(C)C)cc([Si](C)(C)C)c1Cl. The third kappa shape index (κ3) is 7.04. The van der Waals surface area contributed by atoms with Gasteiger partial charge in [0.05, 0.1) is 50.5 Å². The van der Waals surface area contributed by atoms with Gasteiger partial charge in [-0.1, -0.05) is 91.8 Å². The lowest BCUT2D eigenvalue weighted by atomic mass is 10.3. The lowest BCUT2D eigenvalue weighted by molar-refractivity contribution is 0.414. The van der Waals surface area contributed by atoms with Crippen molar-refractivity contribution in [2.24, 2.45) is 0 Å². The van der Waals surface area contributed by atoms with Gasteiger partial charge in [0, 0.05) is 7.14 Å². The average molecular weight is 750 g/mol. The minimum absolute atomic E-state index is 0.551. The summed E-state index contributed by atoms with van der Waals surface area (Å²) in [6.07, 6.45) is 0. The molecular formula is C20H26Cl4I2O2Si2. The number of hydrogen-bond acceptors (Lipinski definition) is 2. The molecule has 0 aliphatic rings. The van der Waals surface area contributed by atoms with Crippen molar-refractivity contribution < 1.29 is 9.47 Å². The Hall–Kier alpha value is 1.09. The number of halogens is 6. The quantitative estimate of drug-likeness (QED) is 0.178. The summed E-state index contributed by atoms with van der Waals surface area (Å²) >= 11 is 29.1. The predicted molar refractivity (Wildman–Crippen MR) is 157 cm³/mol. The Kier molecular flexibility index (Phi) is 11.2. The lowest BCUT2D eigenvalue weighted by Crippen LogP contribution is -2.46. The van der Waals surface area contributed by atoms with E-state index in [-0.39, 0.29) is 0 Å². The standard InChI is InChI=1S/C13H22Cl2OSi2.C7H4Cl2I2O/c1-16-13-11(14)9(17(2,3)4)8-10(12(13)15)18(5,6)7;1-12-7-5(8)3(10)2-4(11)6(7)9/h8H,1-7H3;2H,1H3. The minimum Gasteiger partial charge on any atom is -0.494 e. The zero-order valence-corrected chi connectivity index (χ0v) is 27.6. The molecule has 0 unspecified atom stereocenters. The second kappa shape index (κ2) is 11.5. The van der Waals surface area contributed by atoms with Crippen LogP contribution < -0.4 is 19.8 Å². The molecule has 0 atom stereocenters. The molecule has 0 N–H and O–H groups in total. The van der Waals surface area contributed by atoms with Crippen LogP contribution in [0.3, 0.4) is 0 Å². The van der Waals surface area contributed by atoms with Crippen LogP contribution in [0.4, 0.5) is 0 Å². The van der Waals surface area contributed by atoms with Crippen molar-refractivity contribution in [2.45, 2.75) is 39.3 Å². The number of ether oxygens (including phenoxy) is 2. The highest BCUT2D eigenvalue weighted by Gasteiger charge is 2.30.